The number of nitrogens with zero attached hydrogens (tertiary/aromatic N) is 2. The van der Waals surface area contributed by atoms with Crippen molar-refractivity contribution in [3.63, 3.8) is 0 Å². The molecule has 1 aromatic carbocycles. The number of benzene rings is 1. The Hall–Kier alpha value is -2.63. The van der Waals surface area contributed by atoms with E-state index in [4.69, 9.17) is 26.1 Å². The van der Waals surface area contributed by atoms with Gasteiger partial charge in [0.05, 0.1) is 30.9 Å². The minimum atomic E-state index is -4.39. The van der Waals surface area contributed by atoms with Gasteiger partial charge in [-0.1, -0.05) is 18.3 Å². The molecular weight excluding hydrogens is 513 g/mol. The van der Waals surface area contributed by atoms with Crippen molar-refractivity contribution in [3.05, 3.63) is 64.3 Å². The zero-order valence-electron chi connectivity index (χ0n) is 19.4. The van der Waals surface area contributed by atoms with Crippen LogP contribution in [-0.4, -0.2) is 53.5 Å². The number of fused-ring (bicyclic) bond motifs is 1. The van der Waals surface area contributed by atoms with Crippen LogP contribution in [0.2, 0.25) is 0 Å². The lowest BCUT2D eigenvalue weighted by atomic mass is 10.1. The van der Waals surface area contributed by atoms with Crippen LogP contribution in [0, 0.1) is 0 Å². The predicted octanol–water partition coefficient (Wildman–Crippen LogP) is 5.56. The summed E-state index contributed by atoms with van der Waals surface area (Å²) in [5.74, 6) is 1.30. The molecule has 0 radical (unpaired) electrons. The highest BCUT2D eigenvalue weighted by Gasteiger charge is 2.30. The quantitative estimate of drug-likeness (QED) is 0.200. The molecule has 0 amide bonds. The smallest absolute Gasteiger partial charge is 0.416 e. The molecule has 0 unspecified atom stereocenters. The SMILES string of the molecule is O=c1cc(C(=S)N2CCOCC2)occ1OCCCCCSc1ccnc2cc(C(F)(F)F)ccc12. The standard InChI is InChI=1S/C25H25F3N2O4S2/c26-25(27,28)17-4-5-18-19(14-17)29-7-6-23(18)36-13-3-1-2-10-33-22-16-34-21(15-20(22)31)24(35)30-8-11-32-12-9-30/h4-7,14-16H,1-3,8-13H2. The molecule has 0 bridgehead atoms. The van der Waals surface area contributed by atoms with Crippen LogP contribution in [0.15, 0.2) is 56.9 Å². The Balaban J connectivity index is 1.20. The number of morpholine rings is 1. The van der Waals surface area contributed by atoms with Crippen LogP contribution in [0.1, 0.15) is 30.6 Å². The van der Waals surface area contributed by atoms with Gasteiger partial charge in [-0.15, -0.1) is 11.8 Å². The van der Waals surface area contributed by atoms with Gasteiger partial charge < -0.3 is 18.8 Å². The summed E-state index contributed by atoms with van der Waals surface area (Å²) in [5.41, 5.74) is -0.646. The van der Waals surface area contributed by atoms with E-state index in [0.717, 1.165) is 42.0 Å². The average molecular weight is 539 g/mol. The van der Waals surface area contributed by atoms with Crippen LogP contribution in [-0.2, 0) is 10.9 Å². The maximum absolute atomic E-state index is 12.9. The zero-order chi connectivity index (χ0) is 25.5. The summed E-state index contributed by atoms with van der Waals surface area (Å²) in [5, 5.41) is 0.710. The van der Waals surface area contributed by atoms with Gasteiger partial charge in [-0.05, 0) is 43.2 Å². The Labute approximate surface area is 215 Å². The Kier molecular flexibility index (Phi) is 8.86. The number of hydrogen-bond acceptors (Lipinski definition) is 7. The molecule has 192 valence electrons. The summed E-state index contributed by atoms with van der Waals surface area (Å²) in [4.78, 5) is 19.8. The van der Waals surface area contributed by atoms with Gasteiger partial charge in [-0.25, -0.2) is 0 Å². The molecule has 2 aromatic heterocycles. The van der Waals surface area contributed by atoms with Crippen molar-refractivity contribution in [1.82, 2.24) is 9.88 Å². The molecule has 1 fully saturated rings. The third-order valence-corrected chi connectivity index (χ3v) is 7.26. The second-order valence-corrected chi connectivity index (χ2v) is 9.70. The van der Waals surface area contributed by atoms with E-state index in [1.165, 1.54) is 24.6 Å². The first kappa shape index (κ1) is 26.4. The fraction of sp³-hybridized carbons (Fsp3) is 0.400. The van der Waals surface area contributed by atoms with Gasteiger partial charge in [0.25, 0.3) is 0 Å². The normalized spacial score (nSPS) is 14.2. The van der Waals surface area contributed by atoms with Crippen molar-refractivity contribution in [1.29, 1.82) is 0 Å². The third kappa shape index (κ3) is 6.77. The molecule has 0 saturated carbocycles. The summed E-state index contributed by atoms with van der Waals surface area (Å²) in [7, 11) is 0. The maximum Gasteiger partial charge on any atom is 0.416 e. The molecule has 0 atom stereocenters. The first-order valence-electron chi connectivity index (χ1n) is 11.5. The fourth-order valence-electron chi connectivity index (χ4n) is 3.71. The molecule has 3 heterocycles. The van der Waals surface area contributed by atoms with Crippen molar-refractivity contribution >= 4 is 39.9 Å². The minimum absolute atomic E-state index is 0.152. The summed E-state index contributed by atoms with van der Waals surface area (Å²) in [6.45, 7) is 2.88. The van der Waals surface area contributed by atoms with Gasteiger partial charge >= 0.3 is 6.18 Å². The maximum atomic E-state index is 12.9. The monoisotopic (exact) mass is 538 g/mol. The summed E-state index contributed by atoms with van der Waals surface area (Å²) in [6, 6.07) is 6.82. The van der Waals surface area contributed by atoms with Crippen LogP contribution in [0.3, 0.4) is 0 Å². The number of pyridine rings is 1. The topological polar surface area (TPSA) is 64.8 Å². The van der Waals surface area contributed by atoms with E-state index in [2.05, 4.69) is 4.98 Å². The second kappa shape index (κ2) is 12.1. The van der Waals surface area contributed by atoms with Gasteiger partial charge in [0, 0.05) is 35.6 Å². The molecule has 1 aliphatic rings. The van der Waals surface area contributed by atoms with E-state index < -0.39 is 11.7 Å². The van der Waals surface area contributed by atoms with Crippen LogP contribution in [0.25, 0.3) is 10.9 Å². The first-order valence-corrected chi connectivity index (χ1v) is 12.9. The third-order valence-electron chi connectivity index (χ3n) is 5.64. The number of halogens is 3. The second-order valence-electron chi connectivity index (χ2n) is 8.17. The molecule has 36 heavy (non-hydrogen) atoms. The molecule has 3 aromatic rings. The van der Waals surface area contributed by atoms with E-state index in [1.807, 2.05) is 11.0 Å². The number of rotatable bonds is 9. The van der Waals surface area contributed by atoms with E-state index in [1.54, 1.807) is 11.8 Å². The van der Waals surface area contributed by atoms with Crippen LogP contribution in [0.5, 0.6) is 5.75 Å². The van der Waals surface area contributed by atoms with E-state index in [9.17, 15) is 18.0 Å². The lowest BCUT2D eigenvalue weighted by molar-refractivity contribution is -0.137. The molecule has 1 saturated heterocycles. The van der Waals surface area contributed by atoms with E-state index in [0.29, 0.717) is 54.6 Å². The van der Waals surface area contributed by atoms with Crippen molar-refractivity contribution in [2.75, 3.05) is 38.7 Å². The van der Waals surface area contributed by atoms with Crippen molar-refractivity contribution < 1.29 is 27.1 Å². The number of unbranched alkanes of at least 4 members (excludes halogenated alkanes) is 2. The van der Waals surface area contributed by atoms with Crippen LogP contribution >= 0.6 is 24.0 Å². The number of ether oxygens (including phenoxy) is 2. The van der Waals surface area contributed by atoms with Gasteiger partial charge in [-0.2, -0.15) is 13.2 Å². The summed E-state index contributed by atoms with van der Waals surface area (Å²) in [6.07, 6.45) is 0.959. The van der Waals surface area contributed by atoms with Crippen molar-refractivity contribution in [2.45, 2.75) is 30.3 Å². The highest BCUT2D eigenvalue weighted by atomic mass is 32.2. The number of aromatic nitrogens is 1. The molecule has 11 heteroatoms. The molecule has 0 N–H and O–H groups in total. The predicted molar refractivity (Wildman–Crippen MR) is 136 cm³/mol. The summed E-state index contributed by atoms with van der Waals surface area (Å²) < 4.78 is 55.3. The lowest BCUT2D eigenvalue weighted by Gasteiger charge is -2.28. The number of hydrogen-bond donors (Lipinski definition) is 0. The van der Waals surface area contributed by atoms with Gasteiger partial charge in [0.1, 0.15) is 11.3 Å². The summed E-state index contributed by atoms with van der Waals surface area (Å²) >= 11 is 7.00. The van der Waals surface area contributed by atoms with E-state index in [-0.39, 0.29) is 11.2 Å². The largest absolute Gasteiger partial charge is 0.487 e. The van der Waals surface area contributed by atoms with Crippen LogP contribution in [0.4, 0.5) is 13.2 Å². The molecule has 4 rings (SSSR count). The van der Waals surface area contributed by atoms with E-state index >= 15 is 0 Å². The average Bonchev–Trinajstić information content (AvgIpc) is 2.88. The van der Waals surface area contributed by atoms with Gasteiger partial charge in [-0.3, -0.25) is 9.78 Å². The van der Waals surface area contributed by atoms with Crippen molar-refractivity contribution in [3.8, 4) is 5.75 Å². The van der Waals surface area contributed by atoms with Crippen molar-refractivity contribution in [2.24, 2.45) is 0 Å². The molecule has 6 nitrogen and oxygen atoms in total. The highest BCUT2D eigenvalue weighted by molar-refractivity contribution is 7.99. The Morgan fingerprint density at radius 2 is 1.94 bits per heavy atom. The molecule has 0 aliphatic carbocycles. The first-order chi connectivity index (χ1) is 17.3. The number of thiocarbonyl (C=S) groups is 1. The molecular formula is C25H25F3N2O4S2. The number of alkyl halides is 3. The zero-order valence-corrected chi connectivity index (χ0v) is 21.0. The van der Waals surface area contributed by atoms with Gasteiger partial charge in [0.2, 0.25) is 11.2 Å². The minimum Gasteiger partial charge on any atom is -0.487 e. The Bertz CT molecular complexity index is 1260. The molecule has 0 spiro atoms. The number of thioether (sulfide) groups is 1. The Morgan fingerprint density at radius 3 is 2.69 bits per heavy atom. The van der Waals surface area contributed by atoms with Crippen LogP contribution < -0.4 is 10.2 Å². The fourth-order valence-corrected chi connectivity index (χ4v) is 5.05. The highest BCUT2D eigenvalue weighted by Crippen LogP contribution is 2.34. The Morgan fingerprint density at radius 1 is 1.14 bits per heavy atom. The van der Waals surface area contributed by atoms with Gasteiger partial charge in [0.15, 0.2) is 5.76 Å². The lowest BCUT2D eigenvalue weighted by Crippen LogP contribution is -2.40. The molecule has 1 aliphatic heterocycles.